The Morgan fingerprint density at radius 1 is 1.67 bits per heavy atom. The highest BCUT2D eigenvalue weighted by Crippen LogP contribution is 1.80. The fourth-order valence-electron chi connectivity index (χ4n) is 0.271. The van der Waals surface area contributed by atoms with Gasteiger partial charge in [-0.25, -0.2) is 5.11 Å². The van der Waals surface area contributed by atoms with Crippen molar-refractivity contribution in [1.82, 2.24) is 0 Å². The van der Waals surface area contributed by atoms with E-state index in [0.29, 0.717) is 0 Å². The van der Waals surface area contributed by atoms with Gasteiger partial charge in [-0.1, -0.05) is 12.2 Å². The molecule has 0 aliphatic carbocycles. The molecule has 0 saturated carbocycles. The van der Waals surface area contributed by atoms with E-state index in [1.54, 1.807) is 19.1 Å². The summed E-state index contributed by atoms with van der Waals surface area (Å²) in [7, 11) is 0. The molecule has 1 unspecified atom stereocenters. The van der Waals surface area contributed by atoms with Crippen LogP contribution in [0.15, 0.2) is 12.2 Å². The average molecular weight is 85.1 g/mol. The highest BCUT2D eigenvalue weighted by atomic mass is 16.3. The van der Waals surface area contributed by atoms with E-state index in [4.69, 9.17) is 0 Å². The molecule has 0 bridgehead atoms. The first kappa shape index (κ1) is 5.70. The summed E-state index contributed by atoms with van der Waals surface area (Å²) in [5.74, 6) is 0. The summed E-state index contributed by atoms with van der Waals surface area (Å²) in [4.78, 5) is 0. The highest BCUT2D eigenvalue weighted by molar-refractivity contribution is 4.81. The molecule has 0 spiro atoms. The molecule has 35 valence electrons. The van der Waals surface area contributed by atoms with Crippen molar-refractivity contribution < 1.29 is 5.11 Å². The van der Waals surface area contributed by atoms with E-state index in [1.165, 1.54) is 0 Å². The lowest BCUT2D eigenvalue weighted by molar-refractivity contribution is 0.146. The molecular weight excluding hydrogens is 76.1 g/mol. The third kappa shape index (κ3) is 3.70. The van der Waals surface area contributed by atoms with E-state index < -0.39 is 6.10 Å². The maximum absolute atomic E-state index is 10.0. The molecule has 0 amide bonds. The van der Waals surface area contributed by atoms with Gasteiger partial charge in [-0.3, -0.25) is 0 Å². The molecule has 0 aromatic heterocycles. The fraction of sp³-hybridized carbons (Fsp3) is 0.600. The lowest BCUT2D eigenvalue weighted by Crippen LogP contribution is -1.86. The Labute approximate surface area is 38.3 Å². The van der Waals surface area contributed by atoms with Crippen molar-refractivity contribution in [3.05, 3.63) is 12.2 Å². The predicted octanol–water partition coefficient (Wildman–Crippen LogP) is 1.38. The minimum Gasteiger partial charge on any atom is -0.229 e. The van der Waals surface area contributed by atoms with Crippen LogP contribution in [0, 0.1) is 0 Å². The molecule has 1 heteroatoms. The Morgan fingerprint density at radius 2 is 2.17 bits per heavy atom. The van der Waals surface area contributed by atoms with Crippen LogP contribution in [0.1, 0.15) is 13.8 Å². The van der Waals surface area contributed by atoms with Crippen LogP contribution in [-0.2, 0) is 5.11 Å². The van der Waals surface area contributed by atoms with Crippen molar-refractivity contribution in [2.45, 2.75) is 20.0 Å². The van der Waals surface area contributed by atoms with E-state index in [0.717, 1.165) is 0 Å². The van der Waals surface area contributed by atoms with Crippen molar-refractivity contribution in [3.8, 4) is 0 Å². The van der Waals surface area contributed by atoms with Crippen LogP contribution in [-0.4, -0.2) is 6.10 Å². The Bertz CT molecular complexity index is 45.9. The lowest BCUT2D eigenvalue weighted by atomic mass is 10.4. The van der Waals surface area contributed by atoms with Crippen LogP contribution >= 0.6 is 0 Å². The summed E-state index contributed by atoms with van der Waals surface area (Å²) in [6.45, 7) is 3.45. The summed E-state index contributed by atoms with van der Waals surface area (Å²) in [6.07, 6.45) is 2.84. The Kier molecular flexibility index (Phi) is 2.77. The first-order chi connectivity index (χ1) is 2.77. The Hall–Kier alpha value is -0.300. The first-order valence-electron chi connectivity index (χ1n) is 2.06. The van der Waals surface area contributed by atoms with E-state index >= 15 is 0 Å². The molecule has 0 heterocycles. The van der Waals surface area contributed by atoms with Gasteiger partial charge in [-0.15, -0.1) is 0 Å². The fourth-order valence-corrected chi connectivity index (χ4v) is 0.271. The molecular formula is C5H9O. The molecule has 0 rings (SSSR count). The van der Waals surface area contributed by atoms with Crippen LogP contribution < -0.4 is 0 Å². The minimum atomic E-state index is -0.532. The summed E-state index contributed by atoms with van der Waals surface area (Å²) in [6, 6.07) is 0. The zero-order valence-corrected chi connectivity index (χ0v) is 4.14. The van der Waals surface area contributed by atoms with Gasteiger partial charge in [-0.2, -0.15) is 0 Å². The van der Waals surface area contributed by atoms with Gasteiger partial charge in [0.1, 0.15) is 6.10 Å². The van der Waals surface area contributed by atoms with Crippen molar-refractivity contribution in [3.63, 3.8) is 0 Å². The first-order valence-corrected chi connectivity index (χ1v) is 2.06. The van der Waals surface area contributed by atoms with Crippen molar-refractivity contribution in [2.24, 2.45) is 0 Å². The van der Waals surface area contributed by atoms with Crippen LogP contribution in [0.25, 0.3) is 0 Å². The number of hydrogen-bond donors (Lipinski definition) is 0. The smallest absolute Gasteiger partial charge is 0.108 e. The molecule has 0 fully saturated rings. The third-order valence-electron chi connectivity index (χ3n) is 0.463. The zero-order chi connectivity index (χ0) is 4.99. The topological polar surface area (TPSA) is 19.9 Å². The molecule has 0 aromatic rings. The van der Waals surface area contributed by atoms with E-state index in [9.17, 15) is 5.11 Å². The third-order valence-corrected chi connectivity index (χ3v) is 0.463. The predicted molar refractivity (Wildman–Crippen MR) is 25.0 cm³/mol. The Balaban J connectivity index is 3.03. The molecule has 6 heavy (non-hydrogen) atoms. The van der Waals surface area contributed by atoms with Gasteiger partial charge in [0.25, 0.3) is 0 Å². The van der Waals surface area contributed by atoms with Gasteiger partial charge in [0.2, 0.25) is 0 Å². The zero-order valence-electron chi connectivity index (χ0n) is 4.14. The number of hydrogen-bond acceptors (Lipinski definition) is 0. The average Bonchev–Trinajstić information content (AvgIpc) is 1.35. The molecule has 1 radical (unpaired) electrons. The quantitative estimate of drug-likeness (QED) is 0.429. The van der Waals surface area contributed by atoms with Gasteiger partial charge >= 0.3 is 0 Å². The highest BCUT2D eigenvalue weighted by Gasteiger charge is 1.81. The molecule has 0 aliphatic heterocycles. The Morgan fingerprint density at radius 3 is 2.17 bits per heavy atom. The summed E-state index contributed by atoms with van der Waals surface area (Å²) in [5.41, 5.74) is 0. The van der Waals surface area contributed by atoms with E-state index in [-0.39, 0.29) is 0 Å². The summed E-state index contributed by atoms with van der Waals surface area (Å²) >= 11 is 0. The molecule has 0 aromatic carbocycles. The van der Waals surface area contributed by atoms with Crippen LogP contribution in [0.4, 0.5) is 0 Å². The maximum Gasteiger partial charge on any atom is 0.108 e. The molecule has 1 nitrogen and oxygen atoms in total. The maximum atomic E-state index is 10.0. The molecule has 0 saturated heterocycles. The summed E-state index contributed by atoms with van der Waals surface area (Å²) < 4.78 is 0. The molecule has 1 atom stereocenters. The van der Waals surface area contributed by atoms with E-state index in [2.05, 4.69) is 0 Å². The lowest BCUT2D eigenvalue weighted by Gasteiger charge is -1.82. The van der Waals surface area contributed by atoms with Crippen LogP contribution in [0.3, 0.4) is 0 Å². The van der Waals surface area contributed by atoms with Gasteiger partial charge < -0.3 is 0 Å². The normalized spacial score (nSPS) is 15.8. The van der Waals surface area contributed by atoms with Crippen molar-refractivity contribution in [2.75, 3.05) is 0 Å². The van der Waals surface area contributed by atoms with Gasteiger partial charge in [0.05, 0.1) is 0 Å². The molecule has 0 aliphatic rings. The number of allylic oxidation sites excluding steroid dienone is 1. The standard InChI is InChI=1S/C5H9O/c1-3-4-5(2)6/h3-5H,1-2H3/b4-3+. The van der Waals surface area contributed by atoms with E-state index in [1.807, 2.05) is 6.92 Å². The van der Waals surface area contributed by atoms with Gasteiger partial charge in [0.15, 0.2) is 0 Å². The summed E-state index contributed by atoms with van der Waals surface area (Å²) in [5, 5.41) is 10.0. The second-order valence-electron chi connectivity index (χ2n) is 1.23. The molecule has 0 N–H and O–H groups in total. The van der Waals surface area contributed by atoms with Gasteiger partial charge in [0, 0.05) is 0 Å². The largest absolute Gasteiger partial charge is 0.229 e. The van der Waals surface area contributed by atoms with Crippen molar-refractivity contribution >= 4 is 0 Å². The van der Waals surface area contributed by atoms with Crippen LogP contribution in [0.5, 0.6) is 0 Å². The monoisotopic (exact) mass is 85.1 g/mol. The second-order valence-corrected chi connectivity index (χ2v) is 1.23. The SMILES string of the molecule is C/C=C/C(C)[O]. The van der Waals surface area contributed by atoms with Crippen LogP contribution in [0.2, 0.25) is 0 Å². The minimum absolute atomic E-state index is 0.532. The van der Waals surface area contributed by atoms with Crippen molar-refractivity contribution in [1.29, 1.82) is 0 Å². The second kappa shape index (κ2) is 2.91. The number of rotatable bonds is 1. The van der Waals surface area contributed by atoms with Gasteiger partial charge in [-0.05, 0) is 13.8 Å².